The minimum absolute atomic E-state index is 0.539. The molecule has 0 aromatic carbocycles. The number of hydrogen-bond acceptors (Lipinski definition) is 2. The summed E-state index contributed by atoms with van der Waals surface area (Å²) in [5.41, 5.74) is 0. The fraction of sp³-hybridized carbons (Fsp3) is 0.833. The first-order chi connectivity index (χ1) is 6.75. The van der Waals surface area contributed by atoms with E-state index in [2.05, 4.69) is 31.0 Å². The normalized spacial score (nSPS) is 31.2. The molecule has 0 saturated heterocycles. The van der Waals surface area contributed by atoms with Gasteiger partial charge in [0.1, 0.15) is 6.61 Å². The van der Waals surface area contributed by atoms with Gasteiger partial charge in [0, 0.05) is 13.2 Å². The molecule has 1 N–H and O–H groups in total. The van der Waals surface area contributed by atoms with Crippen LogP contribution in [0.15, 0.2) is 0 Å². The third-order valence-corrected chi connectivity index (χ3v) is 3.07. The molecule has 2 atom stereocenters. The van der Waals surface area contributed by atoms with Gasteiger partial charge in [-0.05, 0) is 24.7 Å². The molecule has 0 bridgehead atoms. The molecule has 14 heavy (non-hydrogen) atoms. The van der Waals surface area contributed by atoms with E-state index in [1.165, 1.54) is 12.8 Å². The van der Waals surface area contributed by atoms with Gasteiger partial charge in [0.2, 0.25) is 0 Å². The molecule has 2 unspecified atom stereocenters. The summed E-state index contributed by atoms with van der Waals surface area (Å²) in [5, 5.41) is 3.51. The van der Waals surface area contributed by atoms with E-state index in [4.69, 9.17) is 4.74 Å². The van der Waals surface area contributed by atoms with Gasteiger partial charge in [-0.15, -0.1) is 0 Å². The SMILES string of the molecule is COCC#CCNC1C(C)CCC1C. The second-order valence-electron chi connectivity index (χ2n) is 4.23. The van der Waals surface area contributed by atoms with Crippen LogP contribution in [0.2, 0.25) is 0 Å². The summed E-state index contributed by atoms with van der Waals surface area (Å²) in [6.45, 7) is 5.98. The van der Waals surface area contributed by atoms with E-state index in [-0.39, 0.29) is 0 Å². The van der Waals surface area contributed by atoms with Crippen molar-refractivity contribution in [3.8, 4) is 11.8 Å². The number of rotatable bonds is 3. The molecule has 1 fully saturated rings. The van der Waals surface area contributed by atoms with E-state index in [0.717, 1.165) is 18.4 Å². The van der Waals surface area contributed by atoms with Crippen molar-refractivity contribution in [3.05, 3.63) is 0 Å². The van der Waals surface area contributed by atoms with E-state index in [9.17, 15) is 0 Å². The summed E-state index contributed by atoms with van der Waals surface area (Å²) >= 11 is 0. The molecule has 1 saturated carbocycles. The number of ether oxygens (including phenoxy) is 1. The Bertz CT molecular complexity index is 206. The summed E-state index contributed by atoms with van der Waals surface area (Å²) in [6.07, 6.45) is 2.70. The molecule has 1 rings (SSSR count). The van der Waals surface area contributed by atoms with Crippen LogP contribution >= 0.6 is 0 Å². The van der Waals surface area contributed by atoms with E-state index >= 15 is 0 Å². The van der Waals surface area contributed by atoms with E-state index < -0.39 is 0 Å². The van der Waals surface area contributed by atoms with Gasteiger partial charge in [-0.3, -0.25) is 0 Å². The summed E-state index contributed by atoms with van der Waals surface area (Å²) in [5.74, 6) is 7.62. The van der Waals surface area contributed by atoms with Crippen molar-refractivity contribution in [2.24, 2.45) is 11.8 Å². The lowest BCUT2D eigenvalue weighted by atomic mass is 10.0. The van der Waals surface area contributed by atoms with Gasteiger partial charge in [-0.25, -0.2) is 0 Å². The Balaban J connectivity index is 2.21. The third kappa shape index (κ3) is 3.32. The first kappa shape index (κ1) is 11.6. The molecule has 0 radical (unpaired) electrons. The van der Waals surface area contributed by atoms with Gasteiger partial charge in [0.05, 0.1) is 6.54 Å². The lowest BCUT2D eigenvalue weighted by molar-refractivity contribution is 0.239. The molecular weight excluding hydrogens is 174 g/mol. The predicted octanol–water partition coefficient (Wildman–Crippen LogP) is 1.66. The molecule has 0 amide bonds. The Hall–Kier alpha value is -0.520. The van der Waals surface area contributed by atoms with Crippen LogP contribution in [0.25, 0.3) is 0 Å². The maximum absolute atomic E-state index is 4.85. The van der Waals surface area contributed by atoms with Crippen LogP contribution in [0.1, 0.15) is 26.7 Å². The zero-order chi connectivity index (χ0) is 10.4. The maximum Gasteiger partial charge on any atom is 0.107 e. The zero-order valence-electron chi connectivity index (χ0n) is 9.47. The maximum atomic E-state index is 4.85. The molecule has 2 heteroatoms. The Morgan fingerprint density at radius 1 is 1.21 bits per heavy atom. The van der Waals surface area contributed by atoms with Crippen LogP contribution in [-0.2, 0) is 4.74 Å². The minimum Gasteiger partial charge on any atom is -0.372 e. The van der Waals surface area contributed by atoms with Gasteiger partial charge < -0.3 is 10.1 Å². The fourth-order valence-electron chi connectivity index (χ4n) is 2.20. The molecule has 0 spiro atoms. The summed E-state index contributed by atoms with van der Waals surface area (Å²) < 4.78 is 4.85. The third-order valence-electron chi connectivity index (χ3n) is 3.07. The highest BCUT2D eigenvalue weighted by Crippen LogP contribution is 2.30. The van der Waals surface area contributed by atoms with Gasteiger partial charge >= 0.3 is 0 Å². The zero-order valence-corrected chi connectivity index (χ0v) is 9.47. The van der Waals surface area contributed by atoms with Crippen molar-refractivity contribution in [1.29, 1.82) is 0 Å². The summed E-state index contributed by atoms with van der Waals surface area (Å²) in [7, 11) is 1.67. The Kier molecular flexibility index (Phi) is 5.00. The van der Waals surface area contributed by atoms with Crippen LogP contribution in [0.4, 0.5) is 0 Å². The monoisotopic (exact) mass is 195 g/mol. The van der Waals surface area contributed by atoms with E-state index in [1.54, 1.807) is 7.11 Å². The van der Waals surface area contributed by atoms with Crippen molar-refractivity contribution < 1.29 is 4.74 Å². The molecule has 0 aliphatic heterocycles. The van der Waals surface area contributed by atoms with Gasteiger partial charge in [-0.1, -0.05) is 25.7 Å². The molecule has 0 heterocycles. The van der Waals surface area contributed by atoms with Crippen molar-refractivity contribution in [2.75, 3.05) is 20.3 Å². The first-order valence-electron chi connectivity index (χ1n) is 5.43. The predicted molar refractivity (Wildman–Crippen MR) is 59.0 cm³/mol. The molecule has 2 nitrogen and oxygen atoms in total. The van der Waals surface area contributed by atoms with Crippen molar-refractivity contribution in [2.45, 2.75) is 32.7 Å². The second-order valence-corrected chi connectivity index (χ2v) is 4.23. The Morgan fingerprint density at radius 3 is 2.43 bits per heavy atom. The van der Waals surface area contributed by atoms with Crippen LogP contribution < -0.4 is 5.32 Å². The highest BCUT2D eigenvalue weighted by molar-refractivity contribution is 5.02. The average Bonchev–Trinajstić information content (AvgIpc) is 2.48. The quantitative estimate of drug-likeness (QED) is 0.692. The molecule has 80 valence electrons. The number of nitrogens with one attached hydrogen (secondary N) is 1. The van der Waals surface area contributed by atoms with Crippen LogP contribution in [0, 0.1) is 23.7 Å². The average molecular weight is 195 g/mol. The second kappa shape index (κ2) is 6.06. The van der Waals surface area contributed by atoms with Gasteiger partial charge in [0.15, 0.2) is 0 Å². The highest BCUT2D eigenvalue weighted by atomic mass is 16.5. The number of methoxy groups -OCH3 is 1. The molecule has 1 aliphatic carbocycles. The van der Waals surface area contributed by atoms with E-state index in [1.807, 2.05) is 0 Å². The topological polar surface area (TPSA) is 21.3 Å². The van der Waals surface area contributed by atoms with Crippen molar-refractivity contribution >= 4 is 0 Å². The minimum atomic E-state index is 0.539. The van der Waals surface area contributed by atoms with Crippen LogP contribution in [0.3, 0.4) is 0 Å². The van der Waals surface area contributed by atoms with Crippen LogP contribution in [0.5, 0.6) is 0 Å². The van der Waals surface area contributed by atoms with E-state index in [0.29, 0.717) is 12.6 Å². The van der Waals surface area contributed by atoms with Gasteiger partial charge in [0.25, 0.3) is 0 Å². The van der Waals surface area contributed by atoms with Crippen molar-refractivity contribution in [3.63, 3.8) is 0 Å². The highest BCUT2D eigenvalue weighted by Gasteiger charge is 2.29. The van der Waals surface area contributed by atoms with Crippen LogP contribution in [-0.4, -0.2) is 26.3 Å². The Labute approximate surface area is 87.4 Å². The molecule has 1 aliphatic rings. The lowest BCUT2D eigenvalue weighted by Crippen LogP contribution is -2.35. The number of hydrogen-bond donors (Lipinski definition) is 1. The van der Waals surface area contributed by atoms with Gasteiger partial charge in [-0.2, -0.15) is 0 Å². The van der Waals surface area contributed by atoms with Crippen molar-refractivity contribution in [1.82, 2.24) is 5.32 Å². The molecular formula is C12H21NO. The summed E-state index contributed by atoms with van der Waals surface area (Å²) in [4.78, 5) is 0. The molecule has 0 aromatic rings. The smallest absolute Gasteiger partial charge is 0.107 e. The first-order valence-corrected chi connectivity index (χ1v) is 5.43. The largest absolute Gasteiger partial charge is 0.372 e. The summed E-state index contributed by atoms with van der Waals surface area (Å²) in [6, 6.07) is 0.659. The Morgan fingerprint density at radius 2 is 1.86 bits per heavy atom. The standard InChI is InChI=1S/C12H21NO/c1-10-6-7-11(2)12(10)13-8-4-5-9-14-3/h10-13H,6-9H2,1-3H3. The fourth-order valence-corrected chi connectivity index (χ4v) is 2.20. The molecule has 0 aromatic heterocycles. The lowest BCUT2D eigenvalue weighted by Gasteiger charge is -2.20.